The first-order valence-corrected chi connectivity index (χ1v) is 6.45. The Labute approximate surface area is 111 Å². The summed E-state index contributed by atoms with van der Waals surface area (Å²) < 4.78 is 5.29. The third-order valence-electron chi connectivity index (χ3n) is 3.84. The molecule has 2 aromatic rings. The van der Waals surface area contributed by atoms with E-state index in [0.717, 1.165) is 31.2 Å². The summed E-state index contributed by atoms with van der Waals surface area (Å²) >= 11 is 0. The van der Waals surface area contributed by atoms with Crippen LogP contribution in [0.25, 0.3) is 0 Å². The minimum absolute atomic E-state index is 0.477. The molecule has 98 valence electrons. The van der Waals surface area contributed by atoms with E-state index in [9.17, 15) is 4.79 Å². The molecule has 0 bridgehead atoms. The van der Waals surface area contributed by atoms with Crippen molar-refractivity contribution in [2.75, 3.05) is 7.11 Å². The molecule has 0 fully saturated rings. The molecule has 4 nitrogen and oxygen atoms in total. The zero-order chi connectivity index (χ0) is 13.2. The number of imidazole rings is 1. The van der Waals surface area contributed by atoms with Crippen LogP contribution in [-0.4, -0.2) is 23.4 Å². The van der Waals surface area contributed by atoms with E-state index in [2.05, 4.69) is 9.97 Å². The van der Waals surface area contributed by atoms with Gasteiger partial charge < -0.3 is 9.72 Å². The molecule has 0 saturated carbocycles. The van der Waals surface area contributed by atoms with Gasteiger partial charge in [-0.2, -0.15) is 0 Å². The van der Waals surface area contributed by atoms with Crippen LogP contribution >= 0.6 is 0 Å². The Morgan fingerprint density at radius 1 is 1.53 bits per heavy atom. The SMILES string of the molecule is COc1cc2c(cc1C=O)CCC2Cc1cnc[nH]1. The number of hydrogen-bond acceptors (Lipinski definition) is 3. The maximum atomic E-state index is 11.0. The molecule has 1 heterocycles. The number of methoxy groups -OCH3 is 1. The van der Waals surface area contributed by atoms with Crippen LogP contribution in [0, 0.1) is 0 Å². The van der Waals surface area contributed by atoms with Gasteiger partial charge in [0.15, 0.2) is 6.29 Å². The second kappa shape index (κ2) is 4.88. The Hall–Kier alpha value is -2.10. The van der Waals surface area contributed by atoms with Gasteiger partial charge in [0.25, 0.3) is 0 Å². The molecule has 0 amide bonds. The van der Waals surface area contributed by atoms with Gasteiger partial charge in [-0.05, 0) is 48.4 Å². The van der Waals surface area contributed by atoms with Crippen molar-refractivity contribution in [1.29, 1.82) is 0 Å². The highest BCUT2D eigenvalue weighted by Crippen LogP contribution is 2.38. The predicted molar refractivity (Wildman–Crippen MR) is 71.7 cm³/mol. The van der Waals surface area contributed by atoms with E-state index >= 15 is 0 Å². The van der Waals surface area contributed by atoms with Gasteiger partial charge in [-0.1, -0.05) is 0 Å². The second-order valence-corrected chi connectivity index (χ2v) is 4.93. The first-order valence-electron chi connectivity index (χ1n) is 6.45. The van der Waals surface area contributed by atoms with Gasteiger partial charge in [0.1, 0.15) is 5.75 Å². The molecule has 0 aliphatic heterocycles. The number of aldehydes is 1. The number of nitrogens with zero attached hydrogens (tertiary/aromatic N) is 1. The maximum Gasteiger partial charge on any atom is 0.153 e. The van der Waals surface area contributed by atoms with Crippen molar-refractivity contribution in [3.05, 3.63) is 47.0 Å². The molecule has 4 heteroatoms. The Balaban J connectivity index is 1.93. The number of carbonyl (C=O) groups excluding carboxylic acids is 1. The van der Waals surface area contributed by atoms with Crippen molar-refractivity contribution in [1.82, 2.24) is 9.97 Å². The van der Waals surface area contributed by atoms with Crippen LogP contribution in [-0.2, 0) is 12.8 Å². The first kappa shape index (κ1) is 12.0. The fraction of sp³-hybridized carbons (Fsp3) is 0.333. The highest BCUT2D eigenvalue weighted by atomic mass is 16.5. The Kier molecular flexibility index (Phi) is 3.07. The molecule has 0 spiro atoms. The summed E-state index contributed by atoms with van der Waals surface area (Å²) in [4.78, 5) is 18.2. The molecule has 0 radical (unpaired) electrons. The average Bonchev–Trinajstić information content (AvgIpc) is 3.08. The summed E-state index contributed by atoms with van der Waals surface area (Å²) in [5.74, 6) is 1.15. The summed E-state index contributed by atoms with van der Waals surface area (Å²) in [7, 11) is 1.60. The van der Waals surface area contributed by atoms with Crippen molar-refractivity contribution in [3.8, 4) is 5.75 Å². The molecule has 19 heavy (non-hydrogen) atoms. The summed E-state index contributed by atoms with van der Waals surface area (Å²) in [5.41, 5.74) is 4.36. The van der Waals surface area contributed by atoms with E-state index in [0.29, 0.717) is 17.2 Å². The maximum absolute atomic E-state index is 11.0. The Morgan fingerprint density at radius 2 is 2.42 bits per heavy atom. The lowest BCUT2D eigenvalue weighted by molar-refractivity contribution is 0.112. The van der Waals surface area contributed by atoms with Crippen LogP contribution in [0.3, 0.4) is 0 Å². The number of rotatable bonds is 4. The number of aryl methyl sites for hydroxylation is 1. The number of nitrogens with one attached hydrogen (secondary N) is 1. The van der Waals surface area contributed by atoms with Crippen molar-refractivity contribution in [3.63, 3.8) is 0 Å². The van der Waals surface area contributed by atoms with E-state index in [4.69, 9.17) is 4.74 Å². The molecule has 0 saturated heterocycles. The lowest BCUT2D eigenvalue weighted by Crippen LogP contribution is -2.00. The van der Waals surface area contributed by atoms with Crippen molar-refractivity contribution in [2.24, 2.45) is 0 Å². The standard InChI is InChI=1S/C15H16N2O2/c1-19-15-6-14-10(4-12(15)8-18)2-3-11(14)5-13-7-16-9-17-13/h4,6-9,11H,2-3,5H2,1H3,(H,16,17). The van der Waals surface area contributed by atoms with Gasteiger partial charge in [-0.25, -0.2) is 4.98 Å². The molecule has 1 atom stereocenters. The van der Waals surface area contributed by atoms with Crippen molar-refractivity contribution >= 4 is 6.29 Å². The molecule has 1 aliphatic carbocycles. The van der Waals surface area contributed by atoms with E-state index in [-0.39, 0.29) is 0 Å². The molecule has 1 unspecified atom stereocenters. The molecule has 1 N–H and O–H groups in total. The number of fused-ring (bicyclic) bond motifs is 1. The van der Waals surface area contributed by atoms with Crippen molar-refractivity contribution < 1.29 is 9.53 Å². The zero-order valence-corrected chi connectivity index (χ0v) is 10.8. The van der Waals surface area contributed by atoms with Gasteiger partial charge in [0, 0.05) is 11.9 Å². The van der Waals surface area contributed by atoms with Crippen LogP contribution in [0.4, 0.5) is 0 Å². The van der Waals surface area contributed by atoms with Crippen LogP contribution in [0.2, 0.25) is 0 Å². The lowest BCUT2D eigenvalue weighted by atomic mass is 9.95. The van der Waals surface area contributed by atoms with E-state index in [1.165, 1.54) is 11.1 Å². The Morgan fingerprint density at radius 3 is 3.11 bits per heavy atom. The number of aromatic nitrogens is 2. The summed E-state index contributed by atoms with van der Waals surface area (Å²) in [6.07, 6.45) is 7.53. The van der Waals surface area contributed by atoms with Gasteiger partial charge in [-0.15, -0.1) is 0 Å². The highest BCUT2D eigenvalue weighted by Gasteiger charge is 2.25. The average molecular weight is 256 g/mol. The number of H-pyrrole nitrogens is 1. The number of benzene rings is 1. The van der Waals surface area contributed by atoms with Gasteiger partial charge in [-0.3, -0.25) is 4.79 Å². The minimum atomic E-state index is 0.477. The van der Waals surface area contributed by atoms with E-state index in [1.807, 2.05) is 18.3 Å². The van der Waals surface area contributed by atoms with E-state index < -0.39 is 0 Å². The van der Waals surface area contributed by atoms with Crippen LogP contribution in [0.15, 0.2) is 24.7 Å². The topological polar surface area (TPSA) is 55.0 Å². The number of carbonyl (C=O) groups is 1. The zero-order valence-electron chi connectivity index (χ0n) is 10.8. The molecule has 1 aromatic carbocycles. The van der Waals surface area contributed by atoms with Crippen LogP contribution < -0.4 is 4.74 Å². The van der Waals surface area contributed by atoms with Gasteiger partial charge in [0.05, 0.1) is 19.0 Å². The third kappa shape index (κ3) is 2.14. The van der Waals surface area contributed by atoms with Gasteiger partial charge in [0.2, 0.25) is 0 Å². The third-order valence-corrected chi connectivity index (χ3v) is 3.84. The number of aromatic amines is 1. The summed E-state index contributed by atoms with van der Waals surface area (Å²) in [6, 6.07) is 3.99. The quantitative estimate of drug-likeness (QED) is 0.855. The summed E-state index contributed by atoms with van der Waals surface area (Å²) in [5, 5.41) is 0. The van der Waals surface area contributed by atoms with E-state index in [1.54, 1.807) is 13.4 Å². The van der Waals surface area contributed by atoms with Gasteiger partial charge >= 0.3 is 0 Å². The first-order chi connectivity index (χ1) is 9.31. The van der Waals surface area contributed by atoms with Crippen LogP contribution in [0.5, 0.6) is 5.75 Å². The smallest absolute Gasteiger partial charge is 0.153 e. The molecular weight excluding hydrogens is 240 g/mol. The van der Waals surface area contributed by atoms with Crippen LogP contribution in [0.1, 0.15) is 39.5 Å². The fourth-order valence-electron chi connectivity index (χ4n) is 2.88. The molecule has 1 aromatic heterocycles. The minimum Gasteiger partial charge on any atom is -0.496 e. The molecular formula is C15H16N2O2. The number of ether oxygens (including phenoxy) is 1. The fourth-order valence-corrected chi connectivity index (χ4v) is 2.88. The summed E-state index contributed by atoms with van der Waals surface area (Å²) in [6.45, 7) is 0. The predicted octanol–water partition coefficient (Wildman–Crippen LogP) is 2.50. The monoisotopic (exact) mass is 256 g/mol. The number of hydrogen-bond donors (Lipinski definition) is 1. The molecule has 1 aliphatic rings. The second-order valence-electron chi connectivity index (χ2n) is 4.93. The lowest BCUT2D eigenvalue weighted by Gasteiger charge is -2.12. The highest BCUT2D eigenvalue weighted by molar-refractivity contribution is 5.80. The largest absolute Gasteiger partial charge is 0.496 e. The normalized spacial score (nSPS) is 17.2. The molecule has 3 rings (SSSR count). The van der Waals surface area contributed by atoms with Crippen molar-refractivity contribution in [2.45, 2.75) is 25.2 Å². The Bertz CT molecular complexity index is 590.